The van der Waals surface area contributed by atoms with Crippen molar-refractivity contribution in [2.75, 3.05) is 16.4 Å². The highest BCUT2D eigenvalue weighted by molar-refractivity contribution is 7.18. The number of nitrogens with two attached hydrogens (primary N) is 1. The zero-order valence-corrected chi connectivity index (χ0v) is 21.8. The number of aromatic nitrogens is 2. The third-order valence-electron chi connectivity index (χ3n) is 6.58. The number of urea groups is 1. The van der Waals surface area contributed by atoms with Crippen LogP contribution in [0.5, 0.6) is 0 Å². The number of carbonyl (C=O) groups is 1. The topological polar surface area (TPSA) is 92.9 Å². The van der Waals surface area contributed by atoms with Gasteiger partial charge in [0.25, 0.3) is 0 Å². The monoisotopic (exact) mass is 573 g/mol. The molecule has 0 radical (unpaired) electrons. The minimum atomic E-state index is -4.67. The van der Waals surface area contributed by atoms with Crippen molar-refractivity contribution in [3.05, 3.63) is 102 Å². The van der Waals surface area contributed by atoms with E-state index in [1.54, 1.807) is 30.5 Å². The molecule has 3 aromatic carbocycles. The first-order valence-electron chi connectivity index (χ1n) is 12.2. The molecule has 6 nitrogen and oxygen atoms in total. The zero-order valence-electron chi connectivity index (χ0n) is 21.0. The van der Waals surface area contributed by atoms with Crippen LogP contribution in [-0.2, 0) is 6.18 Å². The molecule has 0 saturated carbocycles. The molecule has 6 aromatic rings. The highest BCUT2D eigenvalue weighted by Crippen LogP contribution is 2.43. The number of alkyl halides is 3. The molecule has 0 aliphatic heterocycles. The van der Waals surface area contributed by atoms with E-state index in [0.29, 0.717) is 29.7 Å². The number of hydrogen-bond donors (Lipinski definition) is 3. The Morgan fingerprint density at radius 3 is 2.44 bits per heavy atom. The summed E-state index contributed by atoms with van der Waals surface area (Å²) in [6.45, 7) is 0. The second-order valence-corrected chi connectivity index (χ2v) is 10.0. The van der Waals surface area contributed by atoms with Crippen molar-refractivity contribution >= 4 is 55.4 Å². The Bertz CT molecular complexity index is 1930. The number of nitrogens with zero attached hydrogens (tertiary/aromatic N) is 2. The van der Waals surface area contributed by atoms with Crippen LogP contribution >= 0.6 is 11.3 Å². The van der Waals surface area contributed by atoms with Gasteiger partial charge in [-0.2, -0.15) is 13.2 Å². The van der Waals surface area contributed by atoms with E-state index in [1.807, 2.05) is 42.0 Å². The number of amides is 2. The van der Waals surface area contributed by atoms with E-state index >= 15 is 0 Å². The maximum absolute atomic E-state index is 14.0. The minimum absolute atomic E-state index is 0.354. The van der Waals surface area contributed by atoms with Crippen molar-refractivity contribution in [1.82, 2.24) is 9.97 Å². The Kier molecular flexibility index (Phi) is 6.50. The number of benzene rings is 3. The summed E-state index contributed by atoms with van der Waals surface area (Å²) in [4.78, 5) is 21.3. The number of hydrogen-bond acceptors (Lipinski definition) is 5. The highest BCUT2D eigenvalue weighted by atomic mass is 32.1. The van der Waals surface area contributed by atoms with E-state index in [0.717, 1.165) is 43.1 Å². The summed E-state index contributed by atoms with van der Waals surface area (Å²) in [7, 11) is 0. The number of nitrogen functional groups attached to an aromatic ring is 1. The molecule has 41 heavy (non-hydrogen) atoms. The van der Waals surface area contributed by atoms with E-state index in [4.69, 9.17) is 5.73 Å². The normalized spacial score (nSPS) is 11.6. The van der Waals surface area contributed by atoms with Gasteiger partial charge in [-0.15, -0.1) is 11.3 Å². The predicted molar refractivity (Wildman–Crippen MR) is 154 cm³/mol. The molecule has 6 rings (SSSR count). The van der Waals surface area contributed by atoms with Crippen LogP contribution in [0.15, 0.2) is 90.7 Å². The van der Waals surface area contributed by atoms with Gasteiger partial charge in [0.2, 0.25) is 0 Å². The molecule has 0 atom stereocenters. The Morgan fingerprint density at radius 2 is 1.66 bits per heavy atom. The van der Waals surface area contributed by atoms with Crippen LogP contribution in [0.1, 0.15) is 5.56 Å². The maximum atomic E-state index is 14.0. The Morgan fingerprint density at radius 1 is 0.878 bits per heavy atom. The number of nitrogens with one attached hydrogen (secondary N) is 2. The Balaban J connectivity index is 1.27. The molecule has 3 heterocycles. The van der Waals surface area contributed by atoms with Gasteiger partial charge in [0, 0.05) is 56.4 Å². The summed E-state index contributed by atoms with van der Waals surface area (Å²) in [6, 6.07) is 15.7. The summed E-state index contributed by atoms with van der Waals surface area (Å²) in [6.07, 6.45) is 0.700. The lowest BCUT2D eigenvalue weighted by atomic mass is 9.99. The van der Waals surface area contributed by atoms with E-state index in [1.165, 1.54) is 11.3 Å². The van der Waals surface area contributed by atoms with Crippen LogP contribution in [0, 0.1) is 5.82 Å². The standard InChI is InChI=1S/C30H19F4N5OS/c31-24-10-7-18(30(32,33)34)11-25(24)39-29(40)38-19-8-5-16(6-9-19)23-15-41-27-22(14-37-28(35)26(23)27)21-13-36-12-17-3-1-2-4-20(17)21/h1-15H,(H2,35,37)(H2,38,39,40). The van der Waals surface area contributed by atoms with E-state index < -0.39 is 29.3 Å². The summed E-state index contributed by atoms with van der Waals surface area (Å²) < 4.78 is 53.9. The Hall–Kier alpha value is -5.03. The van der Waals surface area contributed by atoms with Gasteiger partial charge in [-0.1, -0.05) is 36.4 Å². The minimum Gasteiger partial charge on any atom is -0.383 e. The summed E-state index contributed by atoms with van der Waals surface area (Å²) in [5, 5.41) is 9.46. The predicted octanol–water partition coefficient (Wildman–Crippen LogP) is 8.56. The molecule has 0 aliphatic rings. The fourth-order valence-corrected chi connectivity index (χ4v) is 5.73. The molecule has 0 fully saturated rings. The Labute approximate surface area is 234 Å². The van der Waals surface area contributed by atoms with Crippen LogP contribution in [0.3, 0.4) is 0 Å². The average Bonchev–Trinajstić information content (AvgIpc) is 3.40. The van der Waals surface area contributed by atoms with Crippen LogP contribution in [-0.4, -0.2) is 16.0 Å². The number of anilines is 3. The fourth-order valence-electron chi connectivity index (χ4n) is 4.62. The maximum Gasteiger partial charge on any atom is 0.416 e. The number of fused-ring (bicyclic) bond motifs is 2. The number of carbonyl (C=O) groups excluding carboxylic acids is 1. The molecule has 0 saturated heterocycles. The molecule has 3 aromatic heterocycles. The lowest BCUT2D eigenvalue weighted by molar-refractivity contribution is -0.137. The van der Waals surface area contributed by atoms with Gasteiger partial charge in [0.15, 0.2) is 0 Å². The zero-order chi connectivity index (χ0) is 28.7. The molecule has 0 bridgehead atoms. The van der Waals surface area contributed by atoms with Crippen molar-refractivity contribution in [2.24, 2.45) is 0 Å². The van der Waals surface area contributed by atoms with Crippen LogP contribution in [0.25, 0.3) is 43.1 Å². The van der Waals surface area contributed by atoms with Crippen LogP contribution in [0.4, 0.5) is 39.5 Å². The lowest BCUT2D eigenvalue weighted by Crippen LogP contribution is -2.20. The largest absolute Gasteiger partial charge is 0.416 e. The molecular formula is C30H19F4N5OS. The van der Waals surface area contributed by atoms with Gasteiger partial charge in [-0.25, -0.2) is 14.2 Å². The van der Waals surface area contributed by atoms with Crippen LogP contribution < -0.4 is 16.4 Å². The van der Waals surface area contributed by atoms with E-state index in [2.05, 4.69) is 20.6 Å². The first-order valence-corrected chi connectivity index (χ1v) is 13.1. The molecule has 11 heteroatoms. The lowest BCUT2D eigenvalue weighted by Gasteiger charge is -2.12. The third kappa shape index (κ3) is 5.03. The van der Waals surface area contributed by atoms with Gasteiger partial charge in [0.1, 0.15) is 11.6 Å². The average molecular weight is 574 g/mol. The quantitative estimate of drug-likeness (QED) is 0.184. The van der Waals surface area contributed by atoms with Crippen LogP contribution in [0.2, 0.25) is 0 Å². The van der Waals surface area contributed by atoms with Gasteiger partial charge < -0.3 is 16.4 Å². The number of halogens is 4. The molecule has 4 N–H and O–H groups in total. The molecule has 2 amide bonds. The van der Waals surface area contributed by atoms with Gasteiger partial charge in [0.05, 0.1) is 11.3 Å². The summed E-state index contributed by atoms with van der Waals surface area (Å²) in [5.41, 5.74) is 8.54. The fraction of sp³-hybridized carbons (Fsp3) is 0.0333. The SMILES string of the molecule is Nc1ncc(-c2cncc3ccccc23)c2scc(-c3ccc(NC(=O)Nc4cc(C(F)(F)F)ccc4F)cc3)c12. The summed E-state index contributed by atoms with van der Waals surface area (Å²) in [5.74, 6) is -0.615. The van der Waals surface area contributed by atoms with Crippen molar-refractivity contribution in [3.8, 4) is 22.3 Å². The summed E-state index contributed by atoms with van der Waals surface area (Å²) >= 11 is 1.53. The van der Waals surface area contributed by atoms with Crippen molar-refractivity contribution in [1.29, 1.82) is 0 Å². The first kappa shape index (κ1) is 26.2. The second-order valence-electron chi connectivity index (χ2n) is 9.17. The van der Waals surface area contributed by atoms with Crippen molar-refractivity contribution < 1.29 is 22.4 Å². The smallest absolute Gasteiger partial charge is 0.383 e. The number of pyridine rings is 2. The molecule has 204 valence electrons. The van der Waals surface area contributed by atoms with E-state index in [9.17, 15) is 22.4 Å². The third-order valence-corrected chi connectivity index (χ3v) is 7.59. The number of rotatable bonds is 4. The van der Waals surface area contributed by atoms with Gasteiger partial charge in [-0.05, 0) is 46.7 Å². The van der Waals surface area contributed by atoms with E-state index in [-0.39, 0.29) is 0 Å². The number of thiophene rings is 1. The second kappa shape index (κ2) is 10.2. The molecule has 0 unspecified atom stereocenters. The highest BCUT2D eigenvalue weighted by Gasteiger charge is 2.31. The van der Waals surface area contributed by atoms with Crippen molar-refractivity contribution in [2.45, 2.75) is 6.18 Å². The molecule has 0 spiro atoms. The first-order chi connectivity index (χ1) is 19.7. The van der Waals surface area contributed by atoms with Crippen molar-refractivity contribution in [3.63, 3.8) is 0 Å². The van der Waals surface area contributed by atoms with Gasteiger partial charge in [-0.3, -0.25) is 4.98 Å². The molecular weight excluding hydrogens is 554 g/mol. The molecule has 0 aliphatic carbocycles. The van der Waals surface area contributed by atoms with Gasteiger partial charge >= 0.3 is 12.2 Å².